The van der Waals surface area contributed by atoms with Gasteiger partial charge in [0.25, 0.3) is 5.91 Å². The zero-order chi connectivity index (χ0) is 21.4. The SMILES string of the molecule is O=C(O)Nc1ccc2c(c1)c(C(=O)N1CCN3CCC1CC3)nn2Cc1ccccc1. The smallest absolute Gasteiger partial charge is 0.409 e. The summed E-state index contributed by atoms with van der Waals surface area (Å²) in [6, 6.07) is 15.4. The summed E-state index contributed by atoms with van der Waals surface area (Å²) in [7, 11) is 0. The maximum absolute atomic E-state index is 13.6. The quantitative estimate of drug-likeness (QED) is 0.678. The molecule has 8 heteroatoms. The largest absolute Gasteiger partial charge is 0.465 e. The molecule has 3 aromatic rings. The van der Waals surface area contributed by atoms with Crippen LogP contribution in [-0.4, -0.2) is 68.9 Å². The van der Waals surface area contributed by atoms with Crippen LogP contribution in [0.4, 0.5) is 10.5 Å². The predicted molar refractivity (Wildman–Crippen MR) is 117 cm³/mol. The number of hydrogen-bond acceptors (Lipinski definition) is 4. The monoisotopic (exact) mass is 419 g/mol. The summed E-state index contributed by atoms with van der Waals surface area (Å²) in [6.07, 6.45) is 0.836. The van der Waals surface area contributed by atoms with Gasteiger partial charge in [-0.25, -0.2) is 4.79 Å². The second kappa shape index (κ2) is 8.03. The molecule has 0 saturated carbocycles. The van der Waals surface area contributed by atoms with Crippen molar-refractivity contribution < 1.29 is 14.7 Å². The van der Waals surface area contributed by atoms with Crippen LogP contribution in [0.1, 0.15) is 28.9 Å². The second-order valence-electron chi connectivity index (χ2n) is 8.23. The highest BCUT2D eigenvalue weighted by molar-refractivity contribution is 6.06. The van der Waals surface area contributed by atoms with Crippen LogP contribution in [0.2, 0.25) is 0 Å². The van der Waals surface area contributed by atoms with Gasteiger partial charge >= 0.3 is 6.09 Å². The van der Waals surface area contributed by atoms with Crippen molar-refractivity contribution in [3.05, 3.63) is 59.8 Å². The van der Waals surface area contributed by atoms with Crippen molar-refractivity contribution in [2.45, 2.75) is 25.4 Å². The van der Waals surface area contributed by atoms with E-state index in [4.69, 9.17) is 10.2 Å². The van der Waals surface area contributed by atoms with Crippen LogP contribution >= 0.6 is 0 Å². The van der Waals surface area contributed by atoms with Crippen LogP contribution in [0.25, 0.3) is 10.9 Å². The number of fused-ring (bicyclic) bond motifs is 5. The summed E-state index contributed by atoms with van der Waals surface area (Å²) in [4.78, 5) is 29.2. The van der Waals surface area contributed by atoms with Crippen LogP contribution in [0.3, 0.4) is 0 Å². The van der Waals surface area contributed by atoms with Gasteiger partial charge in [-0.2, -0.15) is 5.10 Å². The number of anilines is 1. The van der Waals surface area contributed by atoms with E-state index in [0.717, 1.165) is 43.6 Å². The number of benzene rings is 2. The number of aromatic nitrogens is 2. The minimum absolute atomic E-state index is 0.0713. The molecule has 2 bridgehead atoms. The third-order valence-electron chi connectivity index (χ3n) is 6.30. The topological polar surface area (TPSA) is 90.7 Å². The first-order valence-electron chi connectivity index (χ1n) is 10.7. The molecule has 2 N–H and O–H groups in total. The molecule has 3 aliphatic rings. The van der Waals surface area contributed by atoms with E-state index in [0.29, 0.717) is 29.9 Å². The van der Waals surface area contributed by atoms with Gasteiger partial charge in [0.05, 0.1) is 12.1 Å². The van der Waals surface area contributed by atoms with Gasteiger partial charge in [0.2, 0.25) is 0 Å². The zero-order valence-electron chi connectivity index (χ0n) is 17.2. The van der Waals surface area contributed by atoms with Gasteiger partial charge in [0, 0.05) is 43.3 Å². The number of nitrogens with zero attached hydrogens (tertiary/aromatic N) is 4. The first kappa shape index (κ1) is 19.6. The molecule has 6 rings (SSSR count). The Balaban J connectivity index is 1.56. The number of piperidine rings is 1. The average molecular weight is 419 g/mol. The lowest BCUT2D eigenvalue weighted by Crippen LogP contribution is -2.41. The van der Waals surface area contributed by atoms with E-state index in [2.05, 4.69) is 10.2 Å². The van der Waals surface area contributed by atoms with E-state index in [-0.39, 0.29) is 11.9 Å². The Hall–Kier alpha value is -3.39. The Morgan fingerprint density at radius 3 is 2.55 bits per heavy atom. The maximum Gasteiger partial charge on any atom is 0.409 e. The third kappa shape index (κ3) is 3.86. The molecular formula is C23H25N5O3. The first-order chi connectivity index (χ1) is 15.1. The highest BCUT2D eigenvalue weighted by Crippen LogP contribution is 2.28. The molecule has 0 spiro atoms. The highest BCUT2D eigenvalue weighted by Gasteiger charge is 2.34. The highest BCUT2D eigenvalue weighted by atomic mass is 16.4. The molecule has 2 aromatic carbocycles. The molecule has 1 aromatic heterocycles. The summed E-state index contributed by atoms with van der Waals surface area (Å²) in [5, 5.41) is 16.9. The van der Waals surface area contributed by atoms with Crippen molar-refractivity contribution >= 4 is 28.6 Å². The van der Waals surface area contributed by atoms with Gasteiger partial charge in [-0.05, 0) is 36.6 Å². The van der Waals surface area contributed by atoms with Crippen molar-refractivity contribution in [2.75, 3.05) is 31.5 Å². The molecule has 31 heavy (non-hydrogen) atoms. The van der Waals surface area contributed by atoms with Crippen LogP contribution in [-0.2, 0) is 6.54 Å². The van der Waals surface area contributed by atoms with Crippen LogP contribution in [0.5, 0.6) is 0 Å². The van der Waals surface area contributed by atoms with Crippen molar-refractivity contribution in [3.8, 4) is 0 Å². The number of hydrogen-bond donors (Lipinski definition) is 2. The fourth-order valence-corrected chi connectivity index (χ4v) is 4.71. The van der Waals surface area contributed by atoms with E-state index in [1.807, 2.05) is 46.0 Å². The van der Waals surface area contributed by atoms with Crippen LogP contribution < -0.4 is 5.32 Å². The lowest BCUT2D eigenvalue weighted by atomic mass is 10.0. The van der Waals surface area contributed by atoms with E-state index in [1.54, 1.807) is 12.1 Å². The molecule has 8 nitrogen and oxygen atoms in total. The van der Waals surface area contributed by atoms with Gasteiger partial charge in [-0.15, -0.1) is 0 Å². The predicted octanol–water partition coefficient (Wildman–Crippen LogP) is 3.09. The molecule has 3 saturated heterocycles. The molecule has 4 heterocycles. The number of rotatable bonds is 4. The number of carbonyl (C=O) groups excluding carboxylic acids is 1. The number of carbonyl (C=O) groups is 2. The zero-order valence-corrected chi connectivity index (χ0v) is 17.2. The van der Waals surface area contributed by atoms with Gasteiger partial charge in [0.1, 0.15) is 0 Å². The van der Waals surface area contributed by atoms with Gasteiger partial charge < -0.3 is 14.9 Å². The standard InChI is InChI=1S/C23H25N5O3/c29-22(27-13-12-26-10-8-18(27)9-11-26)21-19-14-17(24-23(30)31)6-7-20(19)28(25-21)15-16-4-2-1-3-5-16/h1-7,14,18,24H,8-13,15H2,(H,30,31). The summed E-state index contributed by atoms with van der Waals surface area (Å²) in [5.74, 6) is -0.0713. The van der Waals surface area contributed by atoms with Crippen molar-refractivity contribution in [1.29, 1.82) is 0 Å². The van der Waals surface area contributed by atoms with Gasteiger partial charge in [-0.3, -0.25) is 14.8 Å². The lowest BCUT2D eigenvalue weighted by Gasteiger charge is -2.31. The molecular weight excluding hydrogens is 394 g/mol. The average Bonchev–Trinajstić information content (AvgIpc) is 2.91. The molecule has 2 amide bonds. The maximum atomic E-state index is 13.6. The lowest BCUT2D eigenvalue weighted by molar-refractivity contribution is 0.0680. The normalized spacial score (nSPS) is 20.6. The molecule has 0 unspecified atom stereocenters. The minimum Gasteiger partial charge on any atom is -0.465 e. The van der Waals surface area contributed by atoms with E-state index in [9.17, 15) is 9.59 Å². The molecule has 0 atom stereocenters. The van der Waals surface area contributed by atoms with Crippen molar-refractivity contribution in [1.82, 2.24) is 19.6 Å². The number of amides is 2. The molecule has 0 radical (unpaired) electrons. The molecule has 160 valence electrons. The Kier molecular flexibility index (Phi) is 5.07. The summed E-state index contributed by atoms with van der Waals surface area (Å²) >= 11 is 0. The molecule has 0 aliphatic carbocycles. The van der Waals surface area contributed by atoms with Crippen molar-refractivity contribution in [3.63, 3.8) is 0 Å². The van der Waals surface area contributed by atoms with Gasteiger partial charge in [-0.1, -0.05) is 30.3 Å². The van der Waals surface area contributed by atoms with E-state index < -0.39 is 6.09 Å². The Morgan fingerprint density at radius 1 is 1.03 bits per heavy atom. The van der Waals surface area contributed by atoms with E-state index in [1.165, 1.54) is 0 Å². The number of carboxylic acid groups (broad SMARTS) is 1. The van der Waals surface area contributed by atoms with Crippen LogP contribution in [0.15, 0.2) is 48.5 Å². The van der Waals surface area contributed by atoms with Crippen LogP contribution in [0, 0.1) is 0 Å². The summed E-state index contributed by atoms with van der Waals surface area (Å²) in [5.41, 5.74) is 2.71. The minimum atomic E-state index is -1.14. The molecule has 3 aliphatic heterocycles. The summed E-state index contributed by atoms with van der Waals surface area (Å²) in [6.45, 7) is 4.18. The Bertz CT molecular complexity index is 1120. The Morgan fingerprint density at radius 2 is 1.81 bits per heavy atom. The fourth-order valence-electron chi connectivity index (χ4n) is 4.71. The Labute approximate surface area is 180 Å². The van der Waals surface area contributed by atoms with E-state index >= 15 is 0 Å². The number of nitrogens with one attached hydrogen (secondary N) is 1. The second-order valence-corrected chi connectivity index (χ2v) is 8.23. The molecule has 3 fully saturated rings. The summed E-state index contributed by atoms with van der Waals surface area (Å²) < 4.78 is 1.83. The third-order valence-corrected chi connectivity index (χ3v) is 6.30. The van der Waals surface area contributed by atoms with Gasteiger partial charge in [0.15, 0.2) is 5.69 Å². The fraction of sp³-hybridized carbons (Fsp3) is 0.348. The van der Waals surface area contributed by atoms with Crippen molar-refractivity contribution in [2.24, 2.45) is 0 Å². The first-order valence-corrected chi connectivity index (χ1v) is 10.7.